The maximum atomic E-state index is 11.9. The van der Waals surface area contributed by atoms with E-state index >= 15 is 0 Å². The first-order chi connectivity index (χ1) is 8.20. The topological polar surface area (TPSA) is 63.6 Å². The Bertz CT molecular complexity index is 449. The van der Waals surface area contributed by atoms with Gasteiger partial charge < -0.3 is 9.84 Å². The number of Topliss-reactive ketones (excluding diaryl/α,β-unsaturated/α-hetero) is 1. The van der Waals surface area contributed by atoms with Crippen LogP contribution in [0.5, 0.6) is 5.75 Å². The van der Waals surface area contributed by atoms with E-state index in [1.54, 1.807) is 39.8 Å². The van der Waals surface area contributed by atoms with Crippen molar-refractivity contribution < 1.29 is 19.4 Å². The third kappa shape index (κ3) is 3.87. The number of phenols is 1. The molecule has 0 saturated carbocycles. The lowest BCUT2D eigenvalue weighted by atomic mass is 10.0. The fraction of sp³-hybridized carbons (Fsp3) is 0.429. The molecule has 4 heteroatoms. The first-order valence-corrected chi connectivity index (χ1v) is 5.74. The summed E-state index contributed by atoms with van der Waals surface area (Å²) in [5.74, 6) is -1.13. The molecule has 0 aliphatic carbocycles. The van der Waals surface area contributed by atoms with Gasteiger partial charge in [0.15, 0.2) is 5.78 Å². The Morgan fingerprint density at radius 3 is 2.39 bits per heavy atom. The molecule has 0 aromatic heterocycles. The number of ketones is 1. The maximum absolute atomic E-state index is 11.9. The van der Waals surface area contributed by atoms with Crippen molar-refractivity contribution in [3.05, 3.63) is 29.3 Å². The van der Waals surface area contributed by atoms with Gasteiger partial charge in [0.1, 0.15) is 17.8 Å². The van der Waals surface area contributed by atoms with Gasteiger partial charge in [-0.25, -0.2) is 0 Å². The summed E-state index contributed by atoms with van der Waals surface area (Å²) in [5.41, 5.74) is 0.206. The van der Waals surface area contributed by atoms with Gasteiger partial charge in [-0.15, -0.1) is 0 Å². The number of rotatable bonds is 3. The van der Waals surface area contributed by atoms with Crippen molar-refractivity contribution in [1.29, 1.82) is 0 Å². The Morgan fingerprint density at radius 1 is 1.28 bits per heavy atom. The summed E-state index contributed by atoms with van der Waals surface area (Å²) >= 11 is 0. The SMILES string of the molecule is Cc1cccc(O)c1C(=O)CC(=O)OC(C)(C)C. The summed E-state index contributed by atoms with van der Waals surface area (Å²) in [5, 5.41) is 9.63. The van der Waals surface area contributed by atoms with Crippen LogP contribution in [0.2, 0.25) is 0 Å². The Kier molecular flexibility index (Phi) is 4.11. The van der Waals surface area contributed by atoms with Crippen LogP contribution < -0.4 is 0 Å². The summed E-state index contributed by atoms with van der Waals surface area (Å²) in [6.07, 6.45) is -0.365. The molecule has 0 atom stereocenters. The molecule has 98 valence electrons. The van der Waals surface area contributed by atoms with Crippen molar-refractivity contribution in [3.8, 4) is 5.75 Å². The van der Waals surface area contributed by atoms with Crippen LogP contribution >= 0.6 is 0 Å². The molecule has 0 amide bonds. The lowest BCUT2D eigenvalue weighted by Crippen LogP contribution is -2.25. The van der Waals surface area contributed by atoms with Crippen molar-refractivity contribution in [1.82, 2.24) is 0 Å². The van der Waals surface area contributed by atoms with Crippen molar-refractivity contribution in [2.45, 2.75) is 39.7 Å². The molecular weight excluding hydrogens is 232 g/mol. The second kappa shape index (κ2) is 5.21. The molecular formula is C14H18O4. The fourth-order valence-corrected chi connectivity index (χ4v) is 1.61. The summed E-state index contributed by atoms with van der Waals surface area (Å²) < 4.78 is 5.07. The predicted octanol–water partition coefficient (Wildman–Crippen LogP) is 2.62. The number of hydrogen-bond acceptors (Lipinski definition) is 4. The molecule has 0 aliphatic heterocycles. The van der Waals surface area contributed by atoms with Gasteiger partial charge >= 0.3 is 5.97 Å². The van der Waals surface area contributed by atoms with Gasteiger partial charge in [0.25, 0.3) is 0 Å². The molecule has 0 fully saturated rings. The van der Waals surface area contributed by atoms with Gasteiger partial charge in [-0.3, -0.25) is 9.59 Å². The monoisotopic (exact) mass is 250 g/mol. The maximum Gasteiger partial charge on any atom is 0.314 e. The Morgan fingerprint density at radius 2 is 1.89 bits per heavy atom. The van der Waals surface area contributed by atoms with Gasteiger partial charge in [-0.05, 0) is 39.3 Å². The van der Waals surface area contributed by atoms with E-state index in [1.807, 2.05) is 0 Å². The highest BCUT2D eigenvalue weighted by atomic mass is 16.6. The number of aromatic hydroxyl groups is 1. The summed E-state index contributed by atoms with van der Waals surface area (Å²) in [6.45, 7) is 6.92. The van der Waals surface area contributed by atoms with Crippen LogP contribution in [-0.4, -0.2) is 22.5 Å². The number of aryl methyl sites for hydroxylation is 1. The Balaban J connectivity index is 2.81. The molecule has 0 spiro atoms. The lowest BCUT2D eigenvalue weighted by Gasteiger charge is -2.19. The normalized spacial score (nSPS) is 11.1. The van der Waals surface area contributed by atoms with E-state index in [0.29, 0.717) is 5.56 Å². The van der Waals surface area contributed by atoms with Crippen LogP contribution in [0.1, 0.15) is 43.1 Å². The Labute approximate surface area is 107 Å². The molecule has 0 saturated heterocycles. The number of benzene rings is 1. The molecule has 1 N–H and O–H groups in total. The van der Waals surface area contributed by atoms with E-state index in [-0.39, 0.29) is 17.7 Å². The van der Waals surface area contributed by atoms with Gasteiger partial charge in [0.05, 0.1) is 5.56 Å². The molecule has 0 radical (unpaired) electrons. The van der Waals surface area contributed by atoms with Crippen LogP contribution in [0.25, 0.3) is 0 Å². The minimum absolute atomic E-state index is 0.108. The molecule has 1 aromatic carbocycles. The molecule has 1 rings (SSSR count). The fourth-order valence-electron chi connectivity index (χ4n) is 1.61. The van der Waals surface area contributed by atoms with Crippen LogP contribution in [-0.2, 0) is 9.53 Å². The average Bonchev–Trinajstić information content (AvgIpc) is 2.13. The van der Waals surface area contributed by atoms with Crippen LogP contribution in [0.3, 0.4) is 0 Å². The Hall–Kier alpha value is -1.84. The van der Waals surface area contributed by atoms with Gasteiger partial charge in [0.2, 0.25) is 0 Å². The zero-order valence-electron chi connectivity index (χ0n) is 11.1. The first-order valence-electron chi connectivity index (χ1n) is 5.74. The molecule has 4 nitrogen and oxygen atoms in total. The minimum Gasteiger partial charge on any atom is -0.507 e. The first kappa shape index (κ1) is 14.2. The number of esters is 1. The zero-order chi connectivity index (χ0) is 13.9. The highest BCUT2D eigenvalue weighted by molar-refractivity contribution is 6.08. The lowest BCUT2D eigenvalue weighted by molar-refractivity contribution is -0.153. The second-order valence-electron chi connectivity index (χ2n) is 5.16. The number of carbonyl (C=O) groups excluding carboxylic acids is 2. The number of ether oxygens (including phenoxy) is 1. The molecule has 0 unspecified atom stereocenters. The highest BCUT2D eigenvalue weighted by Crippen LogP contribution is 2.22. The van der Waals surface area contributed by atoms with Gasteiger partial charge in [-0.2, -0.15) is 0 Å². The standard InChI is InChI=1S/C14H18O4/c1-9-6-5-7-10(15)13(9)11(16)8-12(17)18-14(2,3)4/h5-7,15H,8H2,1-4H3. The van der Waals surface area contributed by atoms with Crippen molar-refractivity contribution in [2.75, 3.05) is 0 Å². The van der Waals surface area contributed by atoms with Crippen molar-refractivity contribution >= 4 is 11.8 Å². The van der Waals surface area contributed by atoms with E-state index < -0.39 is 17.4 Å². The van der Waals surface area contributed by atoms with Gasteiger partial charge in [-0.1, -0.05) is 12.1 Å². The second-order valence-corrected chi connectivity index (χ2v) is 5.16. The van der Waals surface area contributed by atoms with E-state index in [0.717, 1.165) is 0 Å². The largest absolute Gasteiger partial charge is 0.507 e. The quantitative estimate of drug-likeness (QED) is 0.509. The number of hydrogen-bond donors (Lipinski definition) is 1. The summed E-state index contributed by atoms with van der Waals surface area (Å²) in [7, 11) is 0. The van der Waals surface area contributed by atoms with Crippen molar-refractivity contribution in [2.24, 2.45) is 0 Å². The van der Waals surface area contributed by atoms with Crippen LogP contribution in [0, 0.1) is 6.92 Å². The van der Waals surface area contributed by atoms with E-state index in [1.165, 1.54) is 6.07 Å². The van der Waals surface area contributed by atoms with Crippen LogP contribution in [0.15, 0.2) is 18.2 Å². The van der Waals surface area contributed by atoms with Crippen molar-refractivity contribution in [3.63, 3.8) is 0 Å². The summed E-state index contributed by atoms with van der Waals surface area (Å²) in [6, 6.07) is 4.78. The number of carbonyl (C=O) groups is 2. The predicted molar refractivity (Wildman–Crippen MR) is 67.6 cm³/mol. The third-order valence-electron chi connectivity index (χ3n) is 2.25. The molecule has 0 bridgehead atoms. The zero-order valence-corrected chi connectivity index (χ0v) is 11.1. The summed E-state index contributed by atoms with van der Waals surface area (Å²) in [4.78, 5) is 23.5. The van der Waals surface area contributed by atoms with Gasteiger partial charge in [0, 0.05) is 0 Å². The molecule has 18 heavy (non-hydrogen) atoms. The van der Waals surface area contributed by atoms with E-state index in [4.69, 9.17) is 4.74 Å². The van der Waals surface area contributed by atoms with Crippen LogP contribution in [0.4, 0.5) is 0 Å². The number of phenolic OH excluding ortho intramolecular Hbond substituents is 1. The minimum atomic E-state index is -0.620. The molecule has 1 aromatic rings. The molecule has 0 aliphatic rings. The third-order valence-corrected chi connectivity index (χ3v) is 2.25. The molecule has 0 heterocycles. The highest BCUT2D eigenvalue weighted by Gasteiger charge is 2.22. The van der Waals surface area contributed by atoms with E-state index in [2.05, 4.69) is 0 Å². The van der Waals surface area contributed by atoms with E-state index in [9.17, 15) is 14.7 Å². The average molecular weight is 250 g/mol. The smallest absolute Gasteiger partial charge is 0.314 e.